The van der Waals surface area contributed by atoms with Crippen LogP contribution in [0.25, 0.3) is 0 Å². The van der Waals surface area contributed by atoms with Crippen LogP contribution >= 0.6 is 0 Å². The third-order valence-corrected chi connectivity index (χ3v) is 5.54. The SMILES string of the molecule is Cc1ccc(S(=O)(=O)N2CCC(C)(C(=O)O)C2)c(F)c1. The highest BCUT2D eigenvalue weighted by atomic mass is 32.2. The highest BCUT2D eigenvalue weighted by Crippen LogP contribution is 2.34. The second-order valence-corrected chi connectivity index (χ2v) is 7.29. The summed E-state index contributed by atoms with van der Waals surface area (Å²) in [6.45, 7) is 3.10. The highest BCUT2D eigenvalue weighted by molar-refractivity contribution is 7.89. The van der Waals surface area contributed by atoms with E-state index in [1.165, 1.54) is 19.1 Å². The van der Waals surface area contributed by atoms with E-state index in [4.69, 9.17) is 5.11 Å². The molecule has 0 radical (unpaired) electrons. The lowest BCUT2D eigenvalue weighted by atomic mass is 9.90. The van der Waals surface area contributed by atoms with Gasteiger partial charge in [0.05, 0.1) is 5.41 Å². The number of carboxylic acids is 1. The largest absolute Gasteiger partial charge is 0.481 e. The van der Waals surface area contributed by atoms with Gasteiger partial charge in [0.15, 0.2) is 0 Å². The Morgan fingerprint density at radius 3 is 2.60 bits per heavy atom. The summed E-state index contributed by atoms with van der Waals surface area (Å²) < 4.78 is 39.6. The lowest BCUT2D eigenvalue weighted by molar-refractivity contribution is -0.146. The summed E-state index contributed by atoms with van der Waals surface area (Å²) in [5.41, 5.74) is -0.493. The number of carboxylic acid groups (broad SMARTS) is 1. The van der Waals surface area contributed by atoms with Crippen molar-refractivity contribution in [3.05, 3.63) is 29.6 Å². The molecule has 1 aromatic rings. The highest BCUT2D eigenvalue weighted by Gasteiger charge is 2.45. The monoisotopic (exact) mass is 301 g/mol. The first-order valence-electron chi connectivity index (χ1n) is 6.16. The molecule has 0 aromatic heterocycles. The molecule has 110 valence electrons. The molecule has 5 nitrogen and oxygen atoms in total. The average molecular weight is 301 g/mol. The molecule has 1 aromatic carbocycles. The van der Waals surface area contributed by atoms with Gasteiger partial charge in [0.25, 0.3) is 0 Å². The summed E-state index contributed by atoms with van der Waals surface area (Å²) in [7, 11) is -4.00. The van der Waals surface area contributed by atoms with Gasteiger partial charge in [0.2, 0.25) is 10.0 Å². The summed E-state index contributed by atoms with van der Waals surface area (Å²) in [6.07, 6.45) is 0.217. The van der Waals surface area contributed by atoms with Gasteiger partial charge in [-0.05, 0) is 38.0 Å². The van der Waals surface area contributed by atoms with Crippen molar-refractivity contribution in [1.29, 1.82) is 0 Å². The molecule has 1 N–H and O–H groups in total. The maximum atomic E-state index is 13.8. The van der Waals surface area contributed by atoms with Crippen LogP contribution in [0, 0.1) is 18.2 Å². The maximum absolute atomic E-state index is 13.8. The Labute approximate surface area is 117 Å². The van der Waals surface area contributed by atoms with Gasteiger partial charge in [-0.2, -0.15) is 4.31 Å². The van der Waals surface area contributed by atoms with Crippen LogP contribution in [0.15, 0.2) is 23.1 Å². The van der Waals surface area contributed by atoms with E-state index < -0.39 is 32.1 Å². The average Bonchev–Trinajstić information content (AvgIpc) is 2.73. The van der Waals surface area contributed by atoms with Crippen molar-refractivity contribution in [2.75, 3.05) is 13.1 Å². The minimum Gasteiger partial charge on any atom is -0.481 e. The summed E-state index contributed by atoms with van der Waals surface area (Å²) >= 11 is 0. The van der Waals surface area contributed by atoms with Gasteiger partial charge in [0, 0.05) is 13.1 Å². The number of sulfonamides is 1. The fourth-order valence-corrected chi connectivity index (χ4v) is 3.86. The molecule has 0 amide bonds. The zero-order chi connectivity index (χ0) is 15.1. The van der Waals surface area contributed by atoms with Crippen LogP contribution in [-0.2, 0) is 14.8 Å². The predicted octanol–water partition coefficient (Wildman–Crippen LogP) is 1.62. The van der Waals surface area contributed by atoms with E-state index in [-0.39, 0.29) is 19.5 Å². The number of rotatable bonds is 3. The van der Waals surface area contributed by atoms with E-state index in [0.29, 0.717) is 5.56 Å². The van der Waals surface area contributed by atoms with Crippen molar-refractivity contribution < 1.29 is 22.7 Å². The zero-order valence-electron chi connectivity index (χ0n) is 11.3. The molecule has 1 aliphatic rings. The van der Waals surface area contributed by atoms with Crippen LogP contribution < -0.4 is 0 Å². The topological polar surface area (TPSA) is 74.7 Å². The van der Waals surface area contributed by atoms with Crippen LogP contribution in [0.1, 0.15) is 18.9 Å². The predicted molar refractivity (Wildman–Crippen MR) is 70.3 cm³/mol. The molecule has 1 unspecified atom stereocenters. The van der Waals surface area contributed by atoms with Crippen molar-refractivity contribution in [2.45, 2.75) is 25.2 Å². The summed E-state index contributed by atoms with van der Waals surface area (Å²) in [4.78, 5) is 10.7. The number of aryl methyl sites for hydroxylation is 1. The number of benzene rings is 1. The van der Waals surface area contributed by atoms with E-state index in [1.54, 1.807) is 6.92 Å². The van der Waals surface area contributed by atoms with Gasteiger partial charge in [0.1, 0.15) is 10.7 Å². The van der Waals surface area contributed by atoms with E-state index in [0.717, 1.165) is 10.4 Å². The second kappa shape index (κ2) is 4.82. The molecule has 1 heterocycles. The molecule has 0 bridgehead atoms. The normalized spacial score (nSPS) is 23.9. The number of halogens is 1. The van der Waals surface area contributed by atoms with Gasteiger partial charge >= 0.3 is 5.97 Å². The number of hydrogen-bond donors (Lipinski definition) is 1. The Balaban J connectivity index is 2.35. The van der Waals surface area contributed by atoms with Gasteiger partial charge in [-0.3, -0.25) is 4.79 Å². The van der Waals surface area contributed by atoms with Crippen LogP contribution in [0.4, 0.5) is 4.39 Å². The van der Waals surface area contributed by atoms with Crippen LogP contribution in [0.2, 0.25) is 0 Å². The summed E-state index contributed by atoms with van der Waals surface area (Å²) in [6, 6.07) is 3.89. The van der Waals surface area contributed by atoms with Crippen LogP contribution in [0.3, 0.4) is 0 Å². The van der Waals surface area contributed by atoms with Gasteiger partial charge < -0.3 is 5.11 Å². The molecule has 1 saturated heterocycles. The molecule has 0 aliphatic carbocycles. The molecule has 1 fully saturated rings. The molecule has 1 atom stereocenters. The van der Waals surface area contributed by atoms with Gasteiger partial charge in [-0.25, -0.2) is 12.8 Å². The molecule has 2 rings (SSSR count). The minimum atomic E-state index is -4.00. The first-order chi connectivity index (χ1) is 9.17. The molecule has 7 heteroatoms. The Bertz CT molecular complexity index is 658. The number of nitrogens with zero attached hydrogens (tertiary/aromatic N) is 1. The summed E-state index contributed by atoms with van der Waals surface area (Å²) in [5, 5.41) is 9.12. The van der Waals surface area contributed by atoms with E-state index in [1.807, 2.05) is 0 Å². The second-order valence-electron chi connectivity index (χ2n) is 5.39. The fraction of sp³-hybridized carbons (Fsp3) is 0.462. The van der Waals surface area contributed by atoms with Gasteiger partial charge in [-0.15, -0.1) is 0 Å². The van der Waals surface area contributed by atoms with Crippen molar-refractivity contribution in [3.8, 4) is 0 Å². The quantitative estimate of drug-likeness (QED) is 0.920. The smallest absolute Gasteiger partial charge is 0.310 e. The number of aliphatic carboxylic acids is 1. The van der Waals surface area contributed by atoms with Crippen LogP contribution in [0.5, 0.6) is 0 Å². The lowest BCUT2D eigenvalue weighted by Crippen LogP contribution is -2.35. The standard InChI is InChI=1S/C13H16FNO4S/c1-9-3-4-11(10(14)7-9)20(18,19)15-6-5-13(2,8-15)12(16)17/h3-4,7H,5-6,8H2,1-2H3,(H,16,17). The zero-order valence-corrected chi connectivity index (χ0v) is 12.1. The van der Waals surface area contributed by atoms with E-state index in [2.05, 4.69) is 0 Å². The number of carbonyl (C=O) groups is 1. The molecule has 1 aliphatic heterocycles. The minimum absolute atomic E-state index is 0.0818. The first-order valence-corrected chi connectivity index (χ1v) is 7.60. The Morgan fingerprint density at radius 2 is 2.10 bits per heavy atom. The molecule has 0 saturated carbocycles. The molecular weight excluding hydrogens is 285 g/mol. The third-order valence-electron chi connectivity index (χ3n) is 3.66. The van der Waals surface area contributed by atoms with Gasteiger partial charge in [-0.1, -0.05) is 6.07 Å². The molecule has 20 heavy (non-hydrogen) atoms. The van der Waals surface area contributed by atoms with Crippen molar-refractivity contribution in [1.82, 2.24) is 4.31 Å². The third kappa shape index (κ3) is 2.43. The van der Waals surface area contributed by atoms with E-state index in [9.17, 15) is 17.6 Å². The first kappa shape index (κ1) is 14.9. The Morgan fingerprint density at radius 1 is 1.45 bits per heavy atom. The molecule has 0 spiro atoms. The van der Waals surface area contributed by atoms with E-state index >= 15 is 0 Å². The maximum Gasteiger partial charge on any atom is 0.310 e. The number of hydrogen-bond acceptors (Lipinski definition) is 3. The van der Waals surface area contributed by atoms with Crippen molar-refractivity contribution in [2.24, 2.45) is 5.41 Å². The summed E-state index contributed by atoms with van der Waals surface area (Å²) in [5.74, 6) is -1.85. The lowest BCUT2D eigenvalue weighted by Gasteiger charge is -2.20. The fourth-order valence-electron chi connectivity index (χ4n) is 2.25. The van der Waals surface area contributed by atoms with Crippen molar-refractivity contribution >= 4 is 16.0 Å². The van der Waals surface area contributed by atoms with Crippen molar-refractivity contribution in [3.63, 3.8) is 0 Å². The molecular formula is C13H16FNO4S. The Kier molecular flexibility index (Phi) is 3.60. The van der Waals surface area contributed by atoms with Crippen LogP contribution in [-0.4, -0.2) is 36.9 Å². The Hall–Kier alpha value is -1.47.